The molecule has 3 aliphatic heterocycles. The van der Waals surface area contributed by atoms with Gasteiger partial charge in [0.1, 0.15) is 17.7 Å². The number of esters is 1. The molecule has 0 radical (unpaired) electrons. The number of β-lactam (4-membered cyclic amide) rings is 1. The standard InChI is InChI=1S/C22H20N2O6S2/c1-3-10-30-22(27)19-15(31-21-17(12(2)25)20(26)24(19)21)11-23-14-8-4-6-13-7-5-9-16(18(13)14)32(23,28)29/h3-9,12,17,21,25H,1,10-11H2,2H3. The van der Waals surface area contributed by atoms with Crippen LogP contribution in [0.15, 0.2) is 64.6 Å². The number of benzene rings is 2. The fourth-order valence-electron chi connectivity index (χ4n) is 4.42. The van der Waals surface area contributed by atoms with Crippen LogP contribution in [0.25, 0.3) is 10.8 Å². The molecular formula is C22H20N2O6S2. The van der Waals surface area contributed by atoms with E-state index < -0.39 is 33.4 Å². The smallest absolute Gasteiger partial charge is 0.356 e. The Morgan fingerprint density at radius 1 is 1.31 bits per heavy atom. The van der Waals surface area contributed by atoms with Crippen molar-refractivity contribution < 1.29 is 27.9 Å². The molecule has 1 fully saturated rings. The zero-order chi connectivity index (χ0) is 22.8. The van der Waals surface area contributed by atoms with Gasteiger partial charge < -0.3 is 9.84 Å². The zero-order valence-electron chi connectivity index (χ0n) is 17.1. The lowest BCUT2D eigenvalue weighted by Gasteiger charge is -2.43. The molecule has 2 aromatic rings. The van der Waals surface area contributed by atoms with E-state index in [1.165, 1.54) is 34.0 Å². The highest BCUT2D eigenvalue weighted by atomic mass is 32.2. The van der Waals surface area contributed by atoms with Crippen LogP contribution >= 0.6 is 11.8 Å². The second kappa shape index (κ2) is 7.36. The fourth-order valence-corrected chi connectivity index (χ4v) is 7.77. The largest absolute Gasteiger partial charge is 0.457 e. The number of nitrogens with zero attached hydrogens (tertiary/aromatic N) is 2. The SMILES string of the molecule is C=CCOC(=O)C1=C(CN2c3cccc4cccc(c34)S2(=O)=O)SC2C(C(C)O)C(=O)N12. The number of rotatable bonds is 6. The van der Waals surface area contributed by atoms with Gasteiger partial charge in [-0.25, -0.2) is 13.2 Å². The van der Waals surface area contributed by atoms with E-state index in [1.54, 1.807) is 24.3 Å². The van der Waals surface area contributed by atoms with Crippen LogP contribution in [0.4, 0.5) is 5.69 Å². The fraction of sp³-hybridized carbons (Fsp3) is 0.273. The number of anilines is 1. The van der Waals surface area contributed by atoms with Gasteiger partial charge in [0.2, 0.25) is 5.91 Å². The van der Waals surface area contributed by atoms with Gasteiger partial charge in [0.25, 0.3) is 10.0 Å². The van der Waals surface area contributed by atoms with Gasteiger partial charge >= 0.3 is 5.97 Å². The second-order valence-electron chi connectivity index (χ2n) is 7.79. The lowest BCUT2D eigenvalue weighted by Crippen LogP contribution is -2.60. The predicted octanol–water partition coefficient (Wildman–Crippen LogP) is 2.20. The second-order valence-corrected chi connectivity index (χ2v) is 10.8. The van der Waals surface area contributed by atoms with E-state index in [0.29, 0.717) is 16.0 Å². The van der Waals surface area contributed by atoms with E-state index in [9.17, 15) is 23.1 Å². The van der Waals surface area contributed by atoms with Crippen LogP contribution in [0.5, 0.6) is 0 Å². The molecular weight excluding hydrogens is 452 g/mol. The number of aliphatic hydroxyl groups is 1. The number of hydrogen-bond donors (Lipinski definition) is 1. The van der Waals surface area contributed by atoms with Crippen molar-refractivity contribution >= 4 is 50.1 Å². The van der Waals surface area contributed by atoms with Crippen LogP contribution in [0.3, 0.4) is 0 Å². The minimum atomic E-state index is -3.85. The van der Waals surface area contributed by atoms with Crippen molar-refractivity contribution in [1.29, 1.82) is 0 Å². The number of hydrogen-bond acceptors (Lipinski definition) is 7. The molecule has 2 aromatic carbocycles. The van der Waals surface area contributed by atoms with E-state index in [0.717, 1.165) is 5.39 Å². The van der Waals surface area contributed by atoms with Gasteiger partial charge in [-0.3, -0.25) is 14.0 Å². The van der Waals surface area contributed by atoms with Crippen molar-refractivity contribution in [2.45, 2.75) is 23.3 Å². The van der Waals surface area contributed by atoms with Gasteiger partial charge in [-0.1, -0.05) is 48.7 Å². The minimum absolute atomic E-state index is 0.0297. The number of sulfonamides is 1. The minimum Gasteiger partial charge on any atom is -0.457 e. The highest BCUT2D eigenvalue weighted by molar-refractivity contribution is 8.04. The van der Waals surface area contributed by atoms with Crippen molar-refractivity contribution in [2.75, 3.05) is 17.5 Å². The Hall–Kier alpha value is -2.82. The maximum absolute atomic E-state index is 13.4. The third kappa shape index (κ3) is 2.83. The van der Waals surface area contributed by atoms with Gasteiger partial charge in [0.15, 0.2) is 0 Å². The van der Waals surface area contributed by atoms with Crippen molar-refractivity contribution in [3.8, 4) is 0 Å². The Morgan fingerprint density at radius 2 is 2.03 bits per heavy atom. The van der Waals surface area contributed by atoms with Gasteiger partial charge in [-0.05, 0) is 24.4 Å². The quantitative estimate of drug-likeness (QED) is 0.390. The zero-order valence-corrected chi connectivity index (χ0v) is 18.7. The van der Waals surface area contributed by atoms with E-state index in [2.05, 4.69) is 6.58 Å². The van der Waals surface area contributed by atoms with Crippen molar-refractivity contribution in [1.82, 2.24) is 4.90 Å². The third-order valence-corrected chi connectivity index (χ3v) is 9.02. The summed E-state index contributed by atoms with van der Waals surface area (Å²) in [5.41, 5.74) is 0.555. The van der Waals surface area contributed by atoms with E-state index in [-0.39, 0.29) is 29.7 Å². The van der Waals surface area contributed by atoms with Crippen LogP contribution in [-0.2, 0) is 24.3 Å². The Morgan fingerprint density at radius 3 is 2.72 bits per heavy atom. The van der Waals surface area contributed by atoms with E-state index in [4.69, 9.17) is 4.74 Å². The maximum Gasteiger partial charge on any atom is 0.356 e. The molecule has 1 N–H and O–H groups in total. The molecule has 32 heavy (non-hydrogen) atoms. The third-order valence-electron chi connectivity index (χ3n) is 5.87. The first-order valence-electron chi connectivity index (χ1n) is 10.0. The van der Waals surface area contributed by atoms with E-state index >= 15 is 0 Å². The monoisotopic (exact) mass is 472 g/mol. The number of aliphatic hydroxyl groups excluding tert-OH is 1. The summed E-state index contributed by atoms with van der Waals surface area (Å²) in [4.78, 5) is 27.4. The molecule has 0 bridgehead atoms. The Labute approximate surface area is 189 Å². The lowest BCUT2D eigenvalue weighted by atomic mass is 9.92. The molecule has 0 aliphatic carbocycles. The van der Waals surface area contributed by atoms with Crippen LogP contribution in [0.2, 0.25) is 0 Å². The molecule has 0 spiro atoms. The van der Waals surface area contributed by atoms with Crippen molar-refractivity contribution in [3.63, 3.8) is 0 Å². The molecule has 1 amide bonds. The summed E-state index contributed by atoms with van der Waals surface area (Å²) < 4.78 is 33.2. The highest BCUT2D eigenvalue weighted by Crippen LogP contribution is 2.52. The molecule has 3 heterocycles. The number of carbonyl (C=O) groups excluding carboxylic acids is 2. The topological polar surface area (TPSA) is 104 Å². The first-order valence-corrected chi connectivity index (χ1v) is 12.3. The van der Waals surface area contributed by atoms with Crippen LogP contribution in [-0.4, -0.2) is 54.9 Å². The van der Waals surface area contributed by atoms with Gasteiger partial charge in [-0.15, -0.1) is 0 Å². The first-order chi connectivity index (χ1) is 15.3. The van der Waals surface area contributed by atoms with E-state index in [1.807, 2.05) is 12.1 Å². The van der Waals surface area contributed by atoms with Crippen LogP contribution < -0.4 is 4.31 Å². The molecule has 0 aromatic heterocycles. The Kier molecular flexibility index (Phi) is 4.84. The Bertz CT molecular complexity index is 1310. The summed E-state index contributed by atoms with van der Waals surface area (Å²) in [5, 5.41) is 11.0. The summed E-state index contributed by atoms with van der Waals surface area (Å²) in [5.74, 6) is -1.78. The molecule has 3 aliphatic rings. The molecule has 166 valence electrons. The molecule has 8 nitrogen and oxygen atoms in total. The number of ether oxygens (including phenoxy) is 1. The molecule has 1 saturated heterocycles. The summed E-state index contributed by atoms with van der Waals surface area (Å²) in [6.45, 7) is 4.89. The van der Waals surface area contributed by atoms with Crippen molar-refractivity contribution in [2.24, 2.45) is 5.92 Å². The average molecular weight is 473 g/mol. The molecule has 5 rings (SSSR count). The molecule has 3 unspecified atom stereocenters. The molecule has 10 heteroatoms. The van der Waals surface area contributed by atoms with Gasteiger partial charge in [0.05, 0.1) is 29.1 Å². The first kappa shape index (κ1) is 21.0. The number of amides is 1. The van der Waals surface area contributed by atoms with Crippen molar-refractivity contribution in [3.05, 3.63) is 59.7 Å². The van der Waals surface area contributed by atoms with Crippen LogP contribution in [0.1, 0.15) is 6.92 Å². The molecule has 3 atom stereocenters. The normalized spacial score (nSPS) is 23.9. The summed E-state index contributed by atoms with van der Waals surface area (Å²) in [6.07, 6.45) is 0.519. The maximum atomic E-state index is 13.4. The number of thioether (sulfide) groups is 1. The number of fused-ring (bicyclic) bond motifs is 1. The Balaban J connectivity index is 1.57. The predicted molar refractivity (Wildman–Crippen MR) is 120 cm³/mol. The van der Waals surface area contributed by atoms with Gasteiger partial charge in [-0.2, -0.15) is 0 Å². The van der Waals surface area contributed by atoms with Gasteiger partial charge in [0, 0.05) is 10.3 Å². The highest BCUT2D eigenvalue weighted by Gasteiger charge is 2.58. The van der Waals surface area contributed by atoms with Crippen LogP contribution in [0, 0.1) is 5.92 Å². The summed E-state index contributed by atoms with van der Waals surface area (Å²) in [6, 6.07) is 10.5. The number of carbonyl (C=O) groups is 2. The summed E-state index contributed by atoms with van der Waals surface area (Å²) >= 11 is 1.22. The average Bonchev–Trinajstić information content (AvgIpc) is 3.18. The molecule has 0 saturated carbocycles. The lowest BCUT2D eigenvalue weighted by molar-refractivity contribution is -0.157. The summed E-state index contributed by atoms with van der Waals surface area (Å²) in [7, 11) is -3.85.